The number of rotatable bonds is 2. The van der Waals surface area contributed by atoms with Crippen LogP contribution in [0.15, 0.2) is 11.5 Å². The van der Waals surface area contributed by atoms with Gasteiger partial charge in [0.2, 0.25) is 0 Å². The van der Waals surface area contributed by atoms with Crippen molar-refractivity contribution in [2.24, 2.45) is 0 Å². The predicted molar refractivity (Wildman–Crippen MR) is 40.0 cm³/mol. The summed E-state index contributed by atoms with van der Waals surface area (Å²) in [4.78, 5) is 0. The van der Waals surface area contributed by atoms with E-state index >= 15 is 0 Å². The first-order valence-electron chi connectivity index (χ1n) is 2.66. The number of halogens is 1. The van der Waals surface area contributed by atoms with E-state index in [4.69, 9.17) is 0 Å². The van der Waals surface area contributed by atoms with Crippen molar-refractivity contribution < 1.29 is 3.89 Å². The van der Waals surface area contributed by atoms with Crippen molar-refractivity contribution in [3.05, 3.63) is 11.5 Å². The normalized spacial score (nSPS) is 15.0. The molecule has 0 amide bonds. The standard InChI is InChI=1S/C6H13FS/c1-4-5-6-8(2,3)7/h5-6H,4H2,1-3H3/b6-5+. The van der Waals surface area contributed by atoms with Crippen LogP contribution in [0.1, 0.15) is 13.3 Å². The van der Waals surface area contributed by atoms with Gasteiger partial charge in [0.05, 0.1) is 0 Å². The summed E-state index contributed by atoms with van der Waals surface area (Å²) in [7, 11) is -1.87. The second-order valence-electron chi connectivity index (χ2n) is 2.06. The van der Waals surface area contributed by atoms with Crippen molar-refractivity contribution in [3.8, 4) is 0 Å². The molecule has 0 spiro atoms. The summed E-state index contributed by atoms with van der Waals surface area (Å²) in [6, 6.07) is 0. The minimum atomic E-state index is -1.87. The molecule has 0 fully saturated rings. The van der Waals surface area contributed by atoms with E-state index in [1.807, 2.05) is 13.0 Å². The van der Waals surface area contributed by atoms with Crippen LogP contribution < -0.4 is 0 Å². The zero-order valence-corrected chi connectivity index (χ0v) is 6.46. The molecular formula is C6H13FS. The van der Waals surface area contributed by atoms with E-state index in [9.17, 15) is 3.89 Å². The van der Waals surface area contributed by atoms with Crippen LogP contribution in [0.3, 0.4) is 0 Å². The first-order chi connectivity index (χ1) is 3.56. The van der Waals surface area contributed by atoms with Gasteiger partial charge in [-0.15, -0.1) is 0 Å². The lowest BCUT2D eigenvalue weighted by Crippen LogP contribution is -1.76. The van der Waals surface area contributed by atoms with E-state index in [0.717, 1.165) is 6.42 Å². The second-order valence-corrected chi connectivity index (χ2v) is 4.88. The summed E-state index contributed by atoms with van der Waals surface area (Å²) in [5.74, 6) is 0. The first kappa shape index (κ1) is 8.02. The highest BCUT2D eigenvalue weighted by Gasteiger charge is 1.99. The van der Waals surface area contributed by atoms with Crippen molar-refractivity contribution in [1.82, 2.24) is 0 Å². The maximum atomic E-state index is 12.6. The summed E-state index contributed by atoms with van der Waals surface area (Å²) >= 11 is 0. The Morgan fingerprint density at radius 2 is 2.00 bits per heavy atom. The van der Waals surface area contributed by atoms with E-state index in [1.54, 1.807) is 17.9 Å². The molecule has 0 aromatic heterocycles. The van der Waals surface area contributed by atoms with Gasteiger partial charge in [-0.25, -0.2) is 0 Å². The Labute approximate surface area is 52.4 Å². The molecule has 0 bridgehead atoms. The molecule has 0 saturated carbocycles. The van der Waals surface area contributed by atoms with E-state index in [1.165, 1.54) is 0 Å². The largest absolute Gasteiger partial charge is 0.186 e. The lowest BCUT2D eigenvalue weighted by molar-refractivity contribution is 0.914. The van der Waals surface area contributed by atoms with Gasteiger partial charge in [-0.05, 0) is 24.3 Å². The third kappa shape index (κ3) is 6.02. The monoisotopic (exact) mass is 136 g/mol. The van der Waals surface area contributed by atoms with Gasteiger partial charge in [0, 0.05) is 0 Å². The van der Waals surface area contributed by atoms with E-state index in [0.29, 0.717) is 0 Å². The summed E-state index contributed by atoms with van der Waals surface area (Å²) in [6.45, 7) is 2.00. The molecule has 8 heavy (non-hydrogen) atoms. The molecule has 0 atom stereocenters. The molecule has 0 unspecified atom stereocenters. The van der Waals surface area contributed by atoms with Gasteiger partial charge < -0.3 is 0 Å². The van der Waals surface area contributed by atoms with Gasteiger partial charge in [0.15, 0.2) is 0 Å². The van der Waals surface area contributed by atoms with Crippen molar-refractivity contribution in [2.45, 2.75) is 13.3 Å². The first-order valence-corrected chi connectivity index (χ1v) is 5.07. The van der Waals surface area contributed by atoms with Gasteiger partial charge in [0.25, 0.3) is 0 Å². The van der Waals surface area contributed by atoms with Gasteiger partial charge in [-0.2, -0.15) is 3.89 Å². The van der Waals surface area contributed by atoms with Crippen LogP contribution in [-0.4, -0.2) is 12.5 Å². The van der Waals surface area contributed by atoms with Crippen LogP contribution in [0.2, 0.25) is 0 Å². The number of hydrogen-bond acceptors (Lipinski definition) is 0. The third-order valence-electron chi connectivity index (χ3n) is 0.656. The highest BCUT2D eigenvalue weighted by Crippen LogP contribution is 2.42. The Morgan fingerprint density at radius 3 is 2.12 bits per heavy atom. The molecule has 0 heterocycles. The molecule has 0 aliphatic carbocycles. The fraction of sp³-hybridized carbons (Fsp3) is 0.667. The predicted octanol–water partition coefficient (Wildman–Crippen LogP) is 2.86. The molecule has 0 aromatic rings. The lowest BCUT2D eigenvalue weighted by Gasteiger charge is -2.12. The Hall–Kier alpha value is 0.0200. The smallest absolute Gasteiger partial charge is 0.00464 e. The Balaban J connectivity index is 3.52. The molecule has 0 aliphatic rings. The summed E-state index contributed by atoms with van der Waals surface area (Å²) < 4.78 is 12.6. The zero-order valence-electron chi connectivity index (χ0n) is 5.65. The molecule has 0 aliphatic heterocycles. The highest BCUT2D eigenvalue weighted by molar-refractivity contribution is 8.30. The molecule has 0 aromatic carbocycles. The van der Waals surface area contributed by atoms with Crippen LogP contribution in [0.25, 0.3) is 0 Å². The van der Waals surface area contributed by atoms with E-state index in [2.05, 4.69) is 0 Å². The Bertz CT molecular complexity index is 81.0. The Kier molecular flexibility index (Phi) is 3.13. The minimum Gasteiger partial charge on any atom is -0.186 e. The number of hydrogen-bond donors (Lipinski definition) is 0. The average Bonchev–Trinajstić information content (AvgIpc) is 1.59. The minimum absolute atomic E-state index is 0.931. The lowest BCUT2D eigenvalue weighted by atomic mass is 10.5. The molecule has 0 N–H and O–H groups in total. The molecule has 50 valence electrons. The SMILES string of the molecule is CC/C=C/S(C)(C)F. The van der Waals surface area contributed by atoms with Gasteiger partial charge in [-0.3, -0.25) is 0 Å². The van der Waals surface area contributed by atoms with Crippen molar-refractivity contribution in [2.75, 3.05) is 12.5 Å². The maximum Gasteiger partial charge on any atom is -0.00464 e. The van der Waals surface area contributed by atoms with Crippen LogP contribution >= 0.6 is 10.4 Å². The van der Waals surface area contributed by atoms with Crippen molar-refractivity contribution in [1.29, 1.82) is 0 Å². The van der Waals surface area contributed by atoms with Crippen molar-refractivity contribution >= 4 is 10.4 Å². The third-order valence-corrected chi connectivity index (χ3v) is 1.50. The van der Waals surface area contributed by atoms with E-state index < -0.39 is 10.4 Å². The maximum absolute atomic E-state index is 12.6. The average molecular weight is 136 g/mol. The Morgan fingerprint density at radius 1 is 1.50 bits per heavy atom. The van der Waals surface area contributed by atoms with Crippen LogP contribution in [0, 0.1) is 0 Å². The summed E-state index contributed by atoms with van der Waals surface area (Å²) in [5.41, 5.74) is 0. The van der Waals surface area contributed by atoms with Gasteiger partial charge >= 0.3 is 0 Å². The fourth-order valence-corrected chi connectivity index (χ4v) is 0.975. The van der Waals surface area contributed by atoms with Crippen LogP contribution in [0.5, 0.6) is 0 Å². The molecule has 2 heteroatoms. The fourth-order valence-electron chi connectivity index (χ4n) is 0.325. The summed E-state index contributed by atoms with van der Waals surface area (Å²) in [5, 5.41) is 1.66. The van der Waals surface area contributed by atoms with Crippen LogP contribution in [0.4, 0.5) is 3.89 Å². The number of allylic oxidation sites excluding steroid dienone is 1. The summed E-state index contributed by atoms with van der Waals surface area (Å²) in [6.07, 6.45) is 6.05. The van der Waals surface area contributed by atoms with Gasteiger partial charge in [0.1, 0.15) is 0 Å². The highest BCUT2D eigenvalue weighted by atomic mass is 32.3. The zero-order chi connectivity index (χ0) is 6.62. The van der Waals surface area contributed by atoms with E-state index in [-0.39, 0.29) is 0 Å². The van der Waals surface area contributed by atoms with Gasteiger partial charge in [-0.1, -0.05) is 23.4 Å². The molecular weight excluding hydrogens is 123 g/mol. The second kappa shape index (κ2) is 3.13. The quantitative estimate of drug-likeness (QED) is 0.547. The molecule has 0 rings (SSSR count). The van der Waals surface area contributed by atoms with Crippen LogP contribution in [-0.2, 0) is 0 Å². The van der Waals surface area contributed by atoms with Crippen molar-refractivity contribution in [3.63, 3.8) is 0 Å². The molecule has 0 saturated heterocycles. The molecule has 0 radical (unpaired) electrons. The molecule has 0 nitrogen and oxygen atoms in total. The topological polar surface area (TPSA) is 0 Å².